The number of aromatic nitrogens is 2. The van der Waals surface area contributed by atoms with E-state index in [1.165, 1.54) is 18.2 Å². The second-order valence-corrected chi connectivity index (χ2v) is 7.24. The van der Waals surface area contributed by atoms with Crippen molar-refractivity contribution >= 4 is 33.4 Å². The highest BCUT2D eigenvalue weighted by molar-refractivity contribution is 9.10. The number of alkyl halides is 3. The van der Waals surface area contributed by atoms with Crippen LogP contribution in [0.4, 0.5) is 30.6 Å². The molecule has 2 N–H and O–H groups in total. The summed E-state index contributed by atoms with van der Waals surface area (Å²) in [6.45, 7) is 3.94. The van der Waals surface area contributed by atoms with Crippen molar-refractivity contribution in [3.8, 4) is 17.0 Å². The number of hydrogen-bond acceptors (Lipinski definition) is 5. The average molecular weight is 467 g/mol. The Kier molecular flexibility index (Phi) is 5.97. The van der Waals surface area contributed by atoms with Gasteiger partial charge in [-0.2, -0.15) is 4.98 Å². The van der Waals surface area contributed by atoms with Crippen molar-refractivity contribution in [2.45, 2.75) is 20.2 Å². The quantitative estimate of drug-likeness (QED) is 0.468. The molecule has 0 spiro atoms. The third kappa shape index (κ3) is 5.38. The Bertz CT molecular complexity index is 1020. The molecule has 0 saturated carbocycles. The van der Waals surface area contributed by atoms with Crippen molar-refractivity contribution in [1.82, 2.24) is 9.97 Å². The zero-order valence-electron chi connectivity index (χ0n) is 15.9. The van der Waals surface area contributed by atoms with Gasteiger partial charge in [-0.25, -0.2) is 4.98 Å². The predicted molar refractivity (Wildman–Crippen MR) is 111 cm³/mol. The van der Waals surface area contributed by atoms with Crippen molar-refractivity contribution in [3.05, 3.63) is 58.1 Å². The largest absolute Gasteiger partial charge is 0.573 e. The van der Waals surface area contributed by atoms with E-state index in [-0.39, 0.29) is 5.75 Å². The number of aryl methyl sites for hydroxylation is 2. The molecule has 0 atom stereocenters. The van der Waals surface area contributed by atoms with Crippen LogP contribution in [0.1, 0.15) is 11.1 Å². The van der Waals surface area contributed by atoms with Gasteiger partial charge in [-0.05, 0) is 49.2 Å². The molecule has 0 unspecified atom stereocenters. The third-order valence-electron chi connectivity index (χ3n) is 4.06. The second-order valence-electron chi connectivity index (χ2n) is 6.33. The first kappa shape index (κ1) is 20.9. The summed E-state index contributed by atoms with van der Waals surface area (Å²) in [5.41, 5.74) is 3.85. The molecule has 3 rings (SSSR count). The molecule has 152 valence electrons. The van der Waals surface area contributed by atoms with Gasteiger partial charge in [0.05, 0.1) is 5.69 Å². The zero-order valence-corrected chi connectivity index (χ0v) is 17.4. The lowest BCUT2D eigenvalue weighted by Crippen LogP contribution is -2.17. The minimum atomic E-state index is -4.76. The Hall–Kier alpha value is -2.81. The number of ether oxygens (including phenoxy) is 1. The number of hydrogen-bond donors (Lipinski definition) is 2. The van der Waals surface area contributed by atoms with E-state index >= 15 is 0 Å². The van der Waals surface area contributed by atoms with Crippen LogP contribution < -0.4 is 15.4 Å². The molecule has 0 amide bonds. The fraction of sp³-hybridized carbons (Fsp3) is 0.200. The van der Waals surface area contributed by atoms with E-state index in [0.717, 1.165) is 21.3 Å². The summed E-state index contributed by atoms with van der Waals surface area (Å²) in [5, 5.41) is 6.16. The molecule has 2 aromatic carbocycles. The van der Waals surface area contributed by atoms with Crippen molar-refractivity contribution < 1.29 is 17.9 Å². The Labute approximate surface area is 174 Å². The molecule has 3 aromatic rings. The van der Waals surface area contributed by atoms with Crippen LogP contribution in [-0.4, -0.2) is 23.4 Å². The fourth-order valence-corrected chi connectivity index (χ4v) is 3.55. The number of anilines is 3. The maximum Gasteiger partial charge on any atom is 0.573 e. The molecule has 0 radical (unpaired) electrons. The highest BCUT2D eigenvalue weighted by atomic mass is 79.9. The number of nitrogens with one attached hydrogen (secondary N) is 2. The van der Waals surface area contributed by atoms with Crippen LogP contribution in [0.2, 0.25) is 0 Å². The van der Waals surface area contributed by atoms with E-state index in [0.29, 0.717) is 23.0 Å². The molecule has 0 bridgehead atoms. The molecule has 9 heteroatoms. The first-order chi connectivity index (χ1) is 13.6. The zero-order chi connectivity index (χ0) is 21.2. The van der Waals surface area contributed by atoms with Gasteiger partial charge >= 0.3 is 6.36 Å². The van der Waals surface area contributed by atoms with Crippen molar-refractivity contribution in [1.29, 1.82) is 0 Å². The van der Waals surface area contributed by atoms with Crippen LogP contribution in [0.25, 0.3) is 11.3 Å². The van der Waals surface area contributed by atoms with E-state index < -0.39 is 6.36 Å². The molecular weight excluding hydrogens is 449 g/mol. The van der Waals surface area contributed by atoms with Crippen LogP contribution in [0.15, 0.2) is 46.9 Å². The lowest BCUT2D eigenvalue weighted by atomic mass is 10.1. The van der Waals surface area contributed by atoms with E-state index in [9.17, 15) is 13.2 Å². The van der Waals surface area contributed by atoms with Gasteiger partial charge in [0.1, 0.15) is 11.6 Å². The second kappa shape index (κ2) is 8.28. The molecule has 0 fully saturated rings. The van der Waals surface area contributed by atoms with Gasteiger partial charge in [0, 0.05) is 28.8 Å². The number of halogens is 4. The van der Waals surface area contributed by atoms with Crippen molar-refractivity contribution in [2.75, 3.05) is 17.7 Å². The van der Waals surface area contributed by atoms with Crippen LogP contribution in [-0.2, 0) is 0 Å². The van der Waals surface area contributed by atoms with Gasteiger partial charge < -0.3 is 15.4 Å². The lowest BCUT2D eigenvalue weighted by Gasteiger charge is -2.15. The van der Waals surface area contributed by atoms with Crippen LogP contribution in [0, 0.1) is 13.8 Å². The molecule has 1 aromatic heterocycles. The van der Waals surface area contributed by atoms with Crippen LogP contribution in [0.3, 0.4) is 0 Å². The summed E-state index contributed by atoms with van der Waals surface area (Å²) in [5.74, 6) is 0.531. The van der Waals surface area contributed by atoms with Crippen molar-refractivity contribution in [3.63, 3.8) is 0 Å². The Balaban J connectivity index is 1.99. The minimum absolute atomic E-state index is 0.311. The number of benzene rings is 2. The van der Waals surface area contributed by atoms with Gasteiger partial charge in [-0.1, -0.05) is 28.1 Å². The van der Waals surface area contributed by atoms with E-state index in [1.807, 2.05) is 26.0 Å². The average Bonchev–Trinajstić information content (AvgIpc) is 2.63. The third-order valence-corrected chi connectivity index (χ3v) is 4.52. The maximum atomic E-state index is 12.5. The standard InChI is InChI=1S/C20H18BrF3N4O/c1-11-7-14(21)8-12(2)18(11)27-17-10-16(26-19(25-3)28-17)13-5-4-6-15(9-13)29-20(22,23)24/h4-10H,1-3H3,(H2,25,26,27,28). The van der Waals surface area contributed by atoms with Gasteiger partial charge in [-0.15, -0.1) is 13.2 Å². The van der Waals surface area contributed by atoms with Crippen LogP contribution >= 0.6 is 15.9 Å². The number of nitrogens with zero attached hydrogens (tertiary/aromatic N) is 2. The molecule has 29 heavy (non-hydrogen) atoms. The van der Waals surface area contributed by atoms with Crippen molar-refractivity contribution in [2.24, 2.45) is 0 Å². The topological polar surface area (TPSA) is 59.1 Å². The highest BCUT2D eigenvalue weighted by Crippen LogP contribution is 2.31. The Morgan fingerprint density at radius 1 is 1.00 bits per heavy atom. The summed E-state index contributed by atoms with van der Waals surface area (Å²) in [7, 11) is 1.67. The Morgan fingerprint density at radius 2 is 1.69 bits per heavy atom. The SMILES string of the molecule is CNc1nc(Nc2c(C)cc(Br)cc2C)cc(-c2cccc(OC(F)(F)F)c2)n1. The first-order valence-corrected chi connectivity index (χ1v) is 9.41. The van der Waals surface area contributed by atoms with Crippen LogP contribution in [0.5, 0.6) is 5.75 Å². The summed E-state index contributed by atoms with van der Waals surface area (Å²) in [6, 6.07) is 11.3. The summed E-state index contributed by atoms with van der Waals surface area (Å²) >= 11 is 3.47. The number of rotatable bonds is 5. The van der Waals surface area contributed by atoms with E-state index in [2.05, 4.69) is 41.3 Å². The van der Waals surface area contributed by atoms with Gasteiger partial charge in [0.25, 0.3) is 0 Å². The lowest BCUT2D eigenvalue weighted by molar-refractivity contribution is -0.274. The molecule has 1 heterocycles. The summed E-state index contributed by atoms with van der Waals surface area (Å²) in [6.07, 6.45) is -4.76. The molecule has 0 aliphatic heterocycles. The van der Waals surface area contributed by atoms with Gasteiger partial charge in [0.2, 0.25) is 5.95 Å². The predicted octanol–water partition coefficient (Wildman–Crippen LogP) is 6.21. The fourth-order valence-electron chi connectivity index (χ4n) is 2.86. The minimum Gasteiger partial charge on any atom is -0.406 e. The Morgan fingerprint density at radius 3 is 2.31 bits per heavy atom. The van der Waals surface area contributed by atoms with Gasteiger partial charge in [-0.3, -0.25) is 0 Å². The normalized spacial score (nSPS) is 11.3. The monoisotopic (exact) mass is 466 g/mol. The first-order valence-electron chi connectivity index (χ1n) is 8.61. The molecule has 0 saturated heterocycles. The van der Waals surface area contributed by atoms with Gasteiger partial charge in [0.15, 0.2) is 0 Å². The molecule has 0 aliphatic carbocycles. The molecule has 0 aliphatic rings. The van der Waals surface area contributed by atoms with E-state index in [1.54, 1.807) is 19.2 Å². The molecular formula is C20H18BrF3N4O. The smallest absolute Gasteiger partial charge is 0.406 e. The summed E-state index contributed by atoms with van der Waals surface area (Å²) < 4.78 is 42.6. The van der Waals surface area contributed by atoms with E-state index in [4.69, 9.17) is 0 Å². The molecule has 5 nitrogen and oxygen atoms in total. The summed E-state index contributed by atoms with van der Waals surface area (Å²) in [4.78, 5) is 8.76. The highest BCUT2D eigenvalue weighted by Gasteiger charge is 2.31. The maximum absolute atomic E-state index is 12.5.